The van der Waals surface area contributed by atoms with Crippen molar-refractivity contribution in [2.75, 3.05) is 6.61 Å². The second kappa shape index (κ2) is 5.90. The van der Waals surface area contributed by atoms with Crippen LogP contribution >= 0.6 is 0 Å². The van der Waals surface area contributed by atoms with Gasteiger partial charge in [-0.1, -0.05) is 25.5 Å². The summed E-state index contributed by atoms with van der Waals surface area (Å²) in [5.74, 6) is -1.84. The largest absolute Gasteiger partial charge is 0.494 e. The molecule has 86 valence electrons. The summed E-state index contributed by atoms with van der Waals surface area (Å²) >= 11 is 0. The molecule has 0 atom stereocenters. The molecule has 0 fully saturated rings. The number of carbonyl (C=O) groups excluding carboxylic acids is 1. The van der Waals surface area contributed by atoms with Gasteiger partial charge in [-0.15, -0.1) is 0 Å². The molecule has 0 saturated heterocycles. The molecule has 4 heteroatoms. The van der Waals surface area contributed by atoms with Gasteiger partial charge in [0.15, 0.2) is 0 Å². The predicted molar refractivity (Wildman–Crippen MR) is 58.8 cm³/mol. The number of benzene rings is 1. The van der Waals surface area contributed by atoms with E-state index in [2.05, 4.69) is 0 Å². The average molecular weight is 222 g/mol. The van der Waals surface area contributed by atoms with Gasteiger partial charge in [0.05, 0.1) is 6.61 Å². The maximum Gasteiger partial charge on any atom is 0.377 e. The van der Waals surface area contributed by atoms with Crippen LogP contribution in [0.15, 0.2) is 24.3 Å². The maximum atomic E-state index is 11.2. The number of hydrogen-bond acceptors (Lipinski definition) is 3. The van der Waals surface area contributed by atoms with Gasteiger partial charge in [0.2, 0.25) is 0 Å². The molecule has 1 rings (SSSR count). The highest BCUT2D eigenvalue weighted by Gasteiger charge is 2.14. The average Bonchev–Trinajstić information content (AvgIpc) is 2.29. The van der Waals surface area contributed by atoms with Crippen LogP contribution in [-0.4, -0.2) is 23.5 Å². The molecular formula is C12H14O4. The molecule has 0 aromatic heterocycles. The van der Waals surface area contributed by atoms with E-state index in [1.807, 2.05) is 6.92 Å². The first-order chi connectivity index (χ1) is 7.65. The molecule has 1 aromatic rings. The number of rotatable bonds is 6. The molecular weight excluding hydrogens is 208 g/mol. The number of aliphatic carboxylic acids is 1. The van der Waals surface area contributed by atoms with Crippen LogP contribution in [0.2, 0.25) is 0 Å². The Hall–Kier alpha value is -1.84. The second-order valence-corrected chi connectivity index (χ2v) is 3.36. The molecule has 0 radical (unpaired) electrons. The molecule has 1 N–H and O–H groups in total. The standard InChI is InChI=1S/C12H14O4/c1-2-3-7-16-10-6-4-5-9(8-10)11(13)12(14)15/h4-6,8H,2-3,7H2,1H3,(H,14,15). The van der Waals surface area contributed by atoms with Gasteiger partial charge >= 0.3 is 5.97 Å². The third kappa shape index (κ3) is 3.38. The summed E-state index contributed by atoms with van der Waals surface area (Å²) in [6.07, 6.45) is 1.95. The van der Waals surface area contributed by atoms with Crippen molar-refractivity contribution < 1.29 is 19.4 Å². The first-order valence-electron chi connectivity index (χ1n) is 5.15. The third-order valence-electron chi connectivity index (χ3n) is 2.06. The summed E-state index contributed by atoms with van der Waals surface area (Å²) in [7, 11) is 0. The van der Waals surface area contributed by atoms with Gasteiger partial charge < -0.3 is 9.84 Å². The van der Waals surface area contributed by atoms with Crippen molar-refractivity contribution in [3.8, 4) is 5.75 Å². The smallest absolute Gasteiger partial charge is 0.377 e. The molecule has 0 aliphatic rings. The summed E-state index contributed by atoms with van der Waals surface area (Å²) in [5.41, 5.74) is 0.140. The molecule has 0 aliphatic carbocycles. The normalized spacial score (nSPS) is 9.81. The SMILES string of the molecule is CCCCOc1cccc(C(=O)C(=O)O)c1. The predicted octanol–water partition coefficient (Wildman–Crippen LogP) is 2.13. The minimum absolute atomic E-state index is 0.140. The summed E-state index contributed by atoms with van der Waals surface area (Å²) in [6.45, 7) is 2.62. The highest BCUT2D eigenvalue weighted by Crippen LogP contribution is 2.14. The van der Waals surface area contributed by atoms with Crippen LogP contribution in [0.3, 0.4) is 0 Å². The number of carboxylic acid groups (broad SMARTS) is 1. The lowest BCUT2D eigenvalue weighted by molar-refractivity contribution is -0.131. The zero-order valence-corrected chi connectivity index (χ0v) is 9.10. The van der Waals surface area contributed by atoms with Gasteiger partial charge in [-0.2, -0.15) is 0 Å². The van der Waals surface area contributed by atoms with Gasteiger partial charge in [-0.3, -0.25) is 4.79 Å². The molecule has 0 unspecified atom stereocenters. The highest BCUT2D eigenvalue weighted by molar-refractivity contribution is 6.39. The maximum absolute atomic E-state index is 11.2. The Kier molecular flexibility index (Phi) is 4.51. The first kappa shape index (κ1) is 12.2. The Labute approximate surface area is 93.9 Å². The van der Waals surface area contributed by atoms with Crippen LogP contribution < -0.4 is 4.74 Å². The Morgan fingerprint density at radius 3 is 2.75 bits per heavy atom. The lowest BCUT2D eigenvalue weighted by Gasteiger charge is -2.05. The van der Waals surface area contributed by atoms with Crippen LogP contribution in [-0.2, 0) is 4.79 Å². The van der Waals surface area contributed by atoms with Gasteiger partial charge in [-0.25, -0.2) is 4.79 Å². The number of carboxylic acids is 1. The van der Waals surface area contributed by atoms with E-state index in [1.54, 1.807) is 12.1 Å². The van der Waals surface area contributed by atoms with Crippen molar-refractivity contribution in [1.29, 1.82) is 0 Å². The second-order valence-electron chi connectivity index (χ2n) is 3.36. The van der Waals surface area contributed by atoms with Crippen LogP contribution in [0, 0.1) is 0 Å². The van der Waals surface area contributed by atoms with Crippen LogP contribution in [0.25, 0.3) is 0 Å². The minimum atomic E-state index is -1.45. The van der Waals surface area contributed by atoms with E-state index in [-0.39, 0.29) is 5.56 Å². The van der Waals surface area contributed by atoms with Gasteiger partial charge in [-0.05, 0) is 18.6 Å². The van der Waals surface area contributed by atoms with E-state index in [1.165, 1.54) is 12.1 Å². The van der Waals surface area contributed by atoms with Crippen molar-refractivity contribution in [1.82, 2.24) is 0 Å². The molecule has 0 bridgehead atoms. The summed E-state index contributed by atoms with van der Waals surface area (Å²) in [4.78, 5) is 21.7. The van der Waals surface area contributed by atoms with E-state index < -0.39 is 11.8 Å². The van der Waals surface area contributed by atoms with E-state index >= 15 is 0 Å². The molecule has 4 nitrogen and oxygen atoms in total. The van der Waals surface area contributed by atoms with Crippen molar-refractivity contribution >= 4 is 11.8 Å². The van der Waals surface area contributed by atoms with Crippen molar-refractivity contribution in [3.63, 3.8) is 0 Å². The van der Waals surface area contributed by atoms with Gasteiger partial charge in [0.25, 0.3) is 5.78 Å². The lowest BCUT2D eigenvalue weighted by atomic mass is 10.1. The molecule has 0 saturated carbocycles. The Balaban J connectivity index is 2.71. The molecule has 1 aromatic carbocycles. The van der Waals surface area contributed by atoms with E-state index in [4.69, 9.17) is 9.84 Å². The number of unbranched alkanes of at least 4 members (excludes halogenated alkanes) is 1. The molecule has 0 spiro atoms. The van der Waals surface area contributed by atoms with Crippen LogP contribution in [0.4, 0.5) is 0 Å². The van der Waals surface area contributed by atoms with Crippen LogP contribution in [0.5, 0.6) is 5.75 Å². The minimum Gasteiger partial charge on any atom is -0.494 e. The quantitative estimate of drug-likeness (QED) is 0.455. The lowest BCUT2D eigenvalue weighted by Crippen LogP contribution is -2.12. The van der Waals surface area contributed by atoms with E-state index in [9.17, 15) is 9.59 Å². The summed E-state index contributed by atoms with van der Waals surface area (Å²) < 4.78 is 5.37. The summed E-state index contributed by atoms with van der Waals surface area (Å²) in [6, 6.07) is 6.22. The molecule has 0 heterocycles. The van der Waals surface area contributed by atoms with Gasteiger partial charge in [0.1, 0.15) is 5.75 Å². The third-order valence-corrected chi connectivity index (χ3v) is 2.06. The highest BCUT2D eigenvalue weighted by atomic mass is 16.5. The van der Waals surface area contributed by atoms with E-state index in [0.717, 1.165) is 12.8 Å². The molecule has 0 amide bonds. The monoisotopic (exact) mass is 222 g/mol. The number of hydrogen-bond donors (Lipinski definition) is 1. The topological polar surface area (TPSA) is 63.6 Å². The number of carbonyl (C=O) groups is 2. The van der Waals surface area contributed by atoms with Gasteiger partial charge in [0, 0.05) is 5.56 Å². The van der Waals surface area contributed by atoms with E-state index in [0.29, 0.717) is 12.4 Å². The Bertz CT molecular complexity index is 384. The molecule has 0 aliphatic heterocycles. The number of ketones is 1. The first-order valence-corrected chi connectivity index (χ1v) is 5.15. The Morgan fingerprint density at radius 2 is 2.12 bits per heavy atom. The zero-order chi connectivity index (χ0) is 12.0. The fourth-order valence-electron chi connectivity index (χ4n) is 1.18. The zero-order valence-electron chi connectivity index (χ0n) is 9.10. The van der Waals surface area contributed by atoms with Crippen LogP contribution in [0.1, 0.15) is 30.1 Å². The fraction of sp³-hybridized carbons (Fsp3) is 0.333. The number of ether oxygens (including phenoxy) is 1. The number of Topliss-reactive ketones (excluding diaryl/α,β-unsaturated/α-hetero) is 1. The van der Waals surface area contributed by atoms with Crippen molar-refractivity contribution in [3.05, 3.63) is 29.8 Å². The fourth-order valence-corrected chi connectivity index (χ4v) is 1.18. The van der Waals surface area contributed by atoms with Crippen molar-refractivity contribution in [2.24, 2.45) is 0 Å². The Morgan fingerprint density at radius 1 is 1.38 bits per heavy atom. The molecule has 16 heavy (non-hydrogen) atoms. The van der Waals surface area contributed by atoms with Crippen molar-refractivity contribution in [2.45, 2.75) is 19.8 Å². The summed E-state index contributed by atoms with van der Waals surface area (Å²) in [5, 5.41) is 8.55.